The molecule has 0 atom stereocenters. The summed E-state index contributed by atoms with van der Waals surface area (Å²) in [6, 6.07) is 20.0. The molecule has 1 saturated heterocycles. The van der Waals surface area contributed by atoms with Crippen molar-refractivity contribution >= 4 is 40.3 Å². The minimum Gasteiger partial charge on any atom is -0.494 e. The minimum absolute atomic E-state index is 0.0697. The van der Waals surface area contributed by atoms with Gasteiger partial charge in [-0.3, -0.25) is 9.69 Å². The Balaban J connectivity index is 1.75. The van der Waals surface area contributed by atoms with Gasteiger partial charge in [-0.2, -0.15) is 0 Å². The van der Waals surface area contributed by atoms with Crippen LogP contribution < -0.4 is 9.64 Å². The van der Waals surface area contributed by atoms with Crippen LogP contribution in [0, 0.1) is 27.7 Å². The molecular weight excluding hydrogens is 428 g/mol. The highest BCUT2D eigenvalue weighted by Crippen LogP contribution is 2.38. The number of aryl methyl sites for hydroxylation is 4. The third-order valence-electron chi connectivity index (χ3n) is 5.76. The number of carbonyl (C=O) groups is 1. The quantitative estimate of drug-likeness (QED) is 0.384. The Hall–Kier alpha value is -3.31. The number of aliphatic imine (C=N–C) groups is 1. The molecule has 4 rings (SSSR count). The average Bonchev–Trinajstić information content (AvgIpc) is 3.09. The van der Waals surface area contributed by atoms with Crippen LogP contribution >= 0.6 is 11.8 Å². The molecule has 4 nitrogen and oxygen atoms in total. The SMILES string of the molecule is CCOc1ccc(/C=C2\SC(=Nc3ccc(C)c(C)c3)N(c3ccc(C)c(C)c3)C2=O)cc1. The number of hydrogen-bond donors (Lipinski definition) is 0. The van der Waals surface area contributed by atoms with E-state index in [1.54, 1.807) is 4.90 Å². The van der Waals surface area contributed by atoms with E-state index in [4.69, 9.17) is 9.73 Å². The lowest BCUT2D eigenvalue weighted by atomic mass is 10.1. The smallest absolute Gasteiger partial charge is 0.271 e. The molecule has 1 aliphatic heterocycles. The monoisotopic (exact) mass is 456 g/mol. The van der Waals surface area contributed by atoms with Gasteiger partial charge in [-0.15, -0.1) is 0 Å². The zero-order valence-electron chi connectivity index (χ0n) is 19.7. The van der Waals surface area contributed by atoms with Gasteiger partial charge in [-0.25, -0.2) is 4.99 Å². The van der Waals surface area contributed by atoms with Crippen molar-refractivity contribution in [2.24, 2.45) is 4.99 Å². The summed E-state index contributed by atoms with van der Waals surface area (Å²) in [5.41, 5.74) is 7.33. The van der Waals surface area contributed by atoms with Crippen LogP contribution in [0.3, 0.4) is 0 Å². The fraction of sp³-hybridized carbons (Fsp3) is 0.214. The predicted octanol–water partition coefficient (Wildman–Crippen LogP) is 7.13. The first-order chi connectivity index (χ1) is 15.9. The van der Waals surface area contributed by atoms with Gasteiger partial charge in [-0.05, 0) is 117 Å². The second kappa shape index (κ2) is 9.67. The molecule has 3 aromatic rings. The highest BCUT2D eigenvalue weighted by Gasteiger charge is 2.35. The van der Waals surface area contributed by atoms with Crippen molar-refractivity contribution < 1.29 is 9.53 Å². The van der Waals surface area contributed by atoms with Gasteiger partial charge in [-0.1, -0.05) is 24.3 Å². The molecule has 0 saturated carbocycles. The lowest BCUT2D eigenvalue weighted by Crippen LogP contribution is -2.28. The van der Waals surface area contributed by atoms with Crippen LogP contribution in [0.2, 0.25) is 0 Å². The number of anilines is 1. The van der Waals surface area contributed by atoms with E-state index < -0.39 is 0 Å². The van der Waals surface area contributed by atoms with Crippen molar-refractivity contribution in [3.63, 3.8) is 0 Å². The van der Waals surface area contributed by atoms with Gasteiger partial charge in [0.05, 0.1) is 22.9 Å². The molecule has 0 unspecified atom stereocenters. The van der Waals surface area contributed by atoms with Gasteiger partial charge in [0.25, 0.3) is 5.91 Å². The first-order valence-corrected chi connectivity index (χ1v) is 11.9. The van der Waals surface area contributed by atoms with E-state index in [0.29, 0.717) is 16.7 Å². The van der Waals surface area contributed by atoms with Crippen LogP contribution in [0.1, 0.15) is 34.7 Å². The molecule has 0 N–H and O–H groups in total. The van der Waals surface area contributed by atoms with Crippen molar-refractivity contribution in [2.75, 3.05) is 11.5 Å². The molecule has 168 valence electrons. The maximum Gasteiger partial charge on any atom is 0.271 e. The summed E-state index contributed by atoms with van der Waals surface area (Å²) in [5, 5.41) is 0.656. The molecule has 33 heavy (non-hydrogen) atoms. The number of amidine groups is 1. The van der Waals surface area contributed by atoms with Crippen molar-refractivity contribution in [1.82, 2.24) is 0 Å². The third-order valence-corrected chi connectivity index (χ3v) is 6.73. The molecule has 0 bridgehead atoms. The summed E-state index contributed by atoms with van der Waals surface area (Å²) in [6.07, 6.45) is 1.92. The summed E-state index contributed by atoms with van der Waals surface area (Å²) in [5.74, 6) is 0.749. The number of amides is 1. The summed E-state index contributed by atoms with van der Waals surface area (Å²) in [6.45, 7) is 10.9. The van der Waals surface area contributed by atoms with Gasteiger partial charge >= 0.3 is 0 Å². The van der Waals surface area contributed by atoms with E-state index in [-0.39, 0.29) is 5.91 Å². The van der Waals surface area contributed by atoms with Gasteiger partial charge < -0.3 is 4.74 Å². The van der Waals surface area contributed by atoms with Crippen LogP contribution in [0.5, 0.6) is 5.75 Å². The van der Waals surface area contributed by atoms with Crippen LogP contribution in [0.15, 0.2) is 70.6 Å². The van der Waals surface area contributed by atoms with Crippen LogP contribution in [0.4, 0.5) is 11.4 Å². The fourth-order valence-corrected chi connectivity index (χ4v) is 4.53. The van der Waals surface area contributed by atoms with Gasteiger partial charge in [0.15, 0.2) is 5.17 Å². The number of carbonyl (C=O) groups excluding carboxylic acids is 1. The second-order valence-electron chi connectivity index (χ2n) is 8.18. The Morgan fingerprint density at radius 3 is 2.18 bits per heavy atom. The Morgan fingerprint density at radius 2 is 1.55 bits per heavy atom. The van der Waals surface area contributed by atoms with Crippen molar-refractivity contribution in [3.05, 3.63) is 93.4 Å². The number of thioether (sulfide) groups is 1. The zero-order chi connectivity index (χ0) is 23.5. The van der Waals surface area contributed by atoms with Crippen molar-refractivity contribution in [1.29, 1.82) is 0 Å². The number of benzene rings is 3. The van der Waals surface area contributed by atoms with E-state index in [0.717, 1.165) is 28.3 Å². The number of hydrogen-bond acceptors (Lipinski definition) is 4. The van der Waals surface area contributed by atoms with Gasteiger partial charge in [0.1, 0.15) is 5.75 Å². The van der Waals surface area contributed by atoms with Crippen LogP contribution in [-0.2, 0) is 4.79 Å². The third kappa shape index (κ3) is 5.04. The Morgan fingerprint density at radius 1 is 0.879 bits per heavy atom. The Bertz CT molecular complexity index is 1260. The number of ether oxygens (including phenoxy) is 1. The molecule has 1 fully saturated rings. The number of nitrogens with zero attached hydrogens (tertiary/aromatic N) is 2. The lowest BCUT2D eigenvalue weighted by molar-refractivity contribution is -0.113. The van der Waals surface area contributed by atoms with Crippen LogP contribution in [0.25, 0.3) is 6.08 Å². The molecule has 0 aromatic heterocycles. The molecule has 1 aliphatic rings. The summed E-state index contributed by atoms with van der Waals surface area (Å²) >= 11 is 1.40. The molecule has 5 heteroatoms. The first kappa shape index (κ1) is 22.9. The summed E-state index contributed by atoms with van der Waals surface area (Å²) < 4.78 is 5.53. The zero-order valence-corrected chi connectivity index (χ0v) is 20.5. The molecule has 0 aliphatic carbocycles. The van der Waals surface area contributed by atoms with Gasteiger partial charge in [0.2, 0.25) is 0 Å². The summed E-state index contributed by atoms with van der Waals surface area (Å²) in [4.78, 5) is 20.8. The highest BCUT2D eigenvalue weighted by atomic mass is 32.2. The van der Waals surface area contributed by atoms with Crippen molar-refractivity contribution in [3.8, 4) is 5.75 Å². The van der Waals surface area contributed by atoms with E-state index in [9.17, 15) is 4.79 Å². The average molecular weight is 457 g/mol. The van der Waals surface area contributed by atoms with Gasteiger partial charge in [0, 0.05) is 0 Å². The Labute approximate surface area is 200 Å². The lowest BCUT2D eigenvalue weighted by Gasteiger charge is -2.17. The molecule has 1 heterocycles. The molecular formula is C28H28N2O2S. The largest absolute Gasteiger partial charge is 0.494 e. The maximum atomic E-state index is 13.5. The minimum atomic E-state index is -0.0697. The number of rotatable bonds is 5. The van der Waals surface area contributed by atoms with E-state index in [2.05, 4.69) is 39.8 Å². The second-order valence-corrected chi connectivity index (χ2v) is 9.19. The Kier molecular flexibility index (Phi) is 6.70. The summed E-state index contributed by atoms with van der Waals surface area (Å²) in [7, 11) is 0. The normalized spacial score (nSPS) is 16.2. The van der Waals surface area contributed by atoms with E-state index in [1.165, 1.54) is 28.5 Å². The molecule has 3 aromatic carbocycles. The molecule has 1 amide bonds. The van der Waals surface area contributed by atoms with E-state index in [1.807, 2.05) is 61.5 Å². The first-order valence-electron chi connectivity index (χ1n) is 11.1. The molecule has 0 radical (unpaired) electrons. The van der Waals surface area contributed by atoms with Crippen molar-refractivity contribution in [2.45, 2.75) is 34.6 Å². The fourth-order valence-electron chi connectivity index (χ4n) is 3.53. The topological polar surface area (TPSA) is 41.9 Å². The highest BCUT2D eigenvalue weighted by molar-refractivity contribution is 8.19. The molecule has 0 spiro atoms. The van der Waals surface area contributed by atoms with Crippen LogP contribution in [-0.4, -0.2) is 17.7 Å². The standard InChI is InChI=1S/C28H28N2O2S/c1-6-32-25-13-9-22(10-14-25)17-26-27(31)30(24-12-8-19(3)21(5)16-24)28(33-26)29-23-11-7-18(2)20(4)15-23/h7-17H,6H2,1-5H3/b26-17-,29-28?. The predicted molar refractivity (Wildman–Crippen MR) is 140 cm³/mol. The maximum absolute atomic E-state index is 13.5. The van der Waals surface area contributed by atoms with E-state index >= 15 is 0 Å².